The normalized spacial score (nSPS) is 12.5. The topological polar surface area (TPSA) is 89.9 Å². The Hall–Kier alpha value is -3.15. The van der Waals surface area contributed by atoms with E-state index in [1.54, 1.807) is 6.92 Å². The second-order valence-corrected chi connectivity index (χ2v) is 5.51. The van der Waals surface area contributed by atoms with Crippen LogP contribution in [0.2, 0.25) is 0 Å². The van der Waals surface area contributed by atoms with Gasteiger partial charge in [0, 0.05) is 24.1 Å². The molecular weight excluding hydrogens is 312 g/mol. The molecule has 0 saturated heterocycles. The van der Waals surface area contributed by atoms with Crippen molar-refractivity contribution >= 4 is 17.5 Å². The highest BCUT2D eigenvalue weighted by atomic mass is 16.5. The lowest BCUT2D eigenvalue weighted by molar-refractivity contribution is -0.131. The van der Waals surface area contributed by atoms with E-state index in [0.717, 1.165) is 0 Å². The molecule has 0 atom stereocenters. The number of rotatable bonds is 2. The number of hydrogen-bond donors (Lipinski definition) is 1. The van der Waals surface area contributed by atoms with Gasteiger partial charge in [0.05, 0.1) is 18.2 Å². The van der Waals surface area contributed by atoms with Gasteiger partial charge in [0.2, 0.25) is 0 Å². The Labute approximate surface area is 137 Å². The van der Waals surface area contributed by atoms with E-state index in [9.17, 15) is 19.5 Å². The van der Waals surface area contributed by atoms with E-state index in [-0.39, 0.29) is 39.5 Å². The molecule has 1 aliphatic carbocycles. The summed E-state index contributed by atoms with van der Waals surface area (Å²) < 4.78 is 10.2. The number of ether oxygens (including phenoxy) is 2. The van der Waals surface area contributed by atoms with Crippen LogP contribution in [-0.2, 0) is 4.79 Å². The van der Waals surface area contributed by atoms with Crippen molar-refractivity contribution in [1.29, 1.82) is 0 Å². The summed E-state index contributed by atoms with van der Waals surface area (Å²) in [5.74, 6) is -1.67. The van der Waals surface area contributed by atoms with Crippen LogP contribution in [0.3, 0.4) is 0 Å². The molecule has 3 rings (SSSR count). The van der Waals surface area contributed by atoms with Gasteiger partial charge in [0.15, 0.2) is 11.6 Å². The van der Waals surface area contributed by atoms with Crippen molar-refractivity contribution in [2.24, 2.45) is 0 Å². The highest BCUT2D eigenvalue weighted by molar-refractivity contribution is 6.30. The molecular formula is C18H14O6. The van der Waals surface area contributed by atoms with Crippen LogP contribution in [0.1, 0.15) is 44.3 Å². The third kappa shape index (κ3) is 2.32. The first-order chi connectivity index (χ1) is 11.3. The van der Waals surface area contributed by atoms with Crippen molar-refractivity contribution in [1.82, 2.24) is 0 Å². The monoisotopic (exact) mass is 326 g/mol. The fourth-order valence-electron chi connectivity index (χ4n) is 2.81. The largest absolute Gasteiger partial charge is 0.507 e. The summed E-state index contributed by atoms with van der Waals surface area (Å²) in [6.45, 7) is 2.90. The van der Waals surface area contributed by atoms with Gasteiger partial charge in [-0.25, -0.2) is 0 Å². The number of aromatic hydroxyl groups is 1. The molecule has 1 N–H and O–H groups in total. The minimum atomic E-state index is -0.622. The van der Waals surface area contributed by atoms with Gasteiger partial charge in [-0.1, -0.05) is 0 Å². The lowest BCUT2D eigenvalue weighted by Crippen LogP contribution is -2.23. The quantitative estimate of drug-likeness (QED) is 0.574. The van der Waals surface area contributed by atoms with Crippen LogP contribution in [0.15, 0.2) is 24.3 Å². The van der Waals surface area contributed by atoms with Crippen LogP contribution in [0.25, 0.3) is 0 Å². The Morgan fingerprint density at radius 1 is 1.00 bits per heavy atom. The minimum absolute atomic E-state index is 0.00602. The maximum atomic E-state index is 12.9. The third-order valence-electron chi connectivity index (χ3n) is 3.77. The van der Waals surface area contributed by atoms with Gasteiger partial charge in [-0.05, 0) is 30.7 Å². The van der Waals surface area contributed by atoms with Crippen LogP contribution >= 0.6 is 0 Å². The molecule has 0 bridgehead atoms. The van der Waals surface area contributed by atoms with Crippen molar-refractivity contribution < 1.29 is 29.0 Å². The molecule has 2 aromatic carbocycles. The number of ketones is 2. The summed E-state index contributed by atoms with van der Waals surface area (Å²) in [5, 5.41) is 10.1. The molecule has 1 aliphatic rings. The molecule has 6 nitrogen and oxygen atoms in total. The molecule has 2 aromatic rings. The zero-order chi connectivity index (χ0) is 17.6. The van der Waals surface area contributed by atoms with E-state index in [0.29, 0.717) is 5.56 Å². The van der Waals surface area contributed by atoms with Gasteiger partial charge >= 0.3 is 5.97 Å². The van der Waals surface area contributed by atoms with E-state index in [1.807, 2.05) is 0 Å². The van der Waals surface area contributed by atoms with Gasteiger partial charge in [-0.15, -0.1) is 0 Å². The van der Waals surface area contributed by atoms with Gasteiger partial charge in [0.25, 0.3) is 0 Å². The summed E-state index contributed by atoms with van der Waals surface area (Å²) in [5.41, 5.74) is 0.692. The highest BCUT2D eigenvalue weighted by Gasteiger charge is 2.35. The standard InChI is InChI=1S/C18H14O6/c1-8-4-11-15(13(20)5-8)17(21)12-6-10(23-3)7-14(24-9(2)19)16(12)18(11)22/h4-7,20H,1-3H3. The molecule has 24 heavy (non-hydrogen) atoms. The zero-order valence-corrected chi connectivity index (χ0v) is 13.3. The van der Waals surface area contributed by atoms with E-state index in [2.05, 4.69) is 0 Å². The van der Waals surface area contributed by atoms with Crippen LogP contribution in [0, 0.1) is 6.92 Å². The number of carbonyl (C=O) groups is 3. The number of benzene rings is 2. The summed E-state index contributed by atoms with van der Waals surface area (Å²) in [4.78, 5) is 37.0. The van der Waals surface area contributed by atoms with Crippen molar-refractivity contribution in [3.8, 4) is 17.2 Å². The Bertz CT molecular complexity index is 910. The van der Waals surface area contributed by atoms with E-state index >= 15 is 0 Å². The second kappa shape index (κ2) is 5.49. The maximum absolute atomic E-state index is 12.9. The molecule has 0 saturated carbocycles. The summed E-state index contributed by atoms with van der Waals surface area (Å²) in [7, 11) is 1.39. The minimum Gasteiger partial charge on any atom is -0.507 e. The molecule has 0 fully saturated rings. The molecule has 0 heterocycles. The van der Waals surface area contributed by atoms with Gasteiger partial charge in [0.1, 0.15) is 17.2 Å². The molecule has 0 spiro atoms. The molecule has 122 valence electrons. The Balaban J connectivity index is 2.33. The smallest absolute Gasteiger partial charge is 0.308 e. The predicted octanol–water partition coefficient (Wildman–Crippen LogP) is 2.41. The molecule has 0 aromatic heterocycles. The van der Waals surface area contributed by atoms with E-state index in [4.69, 9.17) is 9.47 Å². The lowest BCUT2D eigenvalue weighted by Gasteiger charge is -2.21. The number of methoxy groups -OCH3 is 1. The predicted molar refractivity (Wildman–Crippen MR) is 84.0 cm³/mol. The van der Waals surface area contributed by atoms with Crippen LogP contribution in [0.5, 0.6) is 17.2 Å². The number of aryl methyl sites for hydroxylation is 1. The summed E-state index contributed by atoms with van der Waals surface area (Å²) in [6.07, 6.45) is 0. The second-order valence-electron chi connectivity index (χ2n) is 5.51. The average molecular weight is 326 g/mol. The van der Waals surface area contributed by atoms with Gasteiger partial charge in [-0.3, -0.25) is 14.4 Å². The molecule has 0 amide bonds. The number of esters is 1. The Morgan fingerprint density at radius 2 is 1.62 bits per heavy atom. The summed E-state index contributed by atoms with van der Waals surface area (Å²) in [6, 6.07) is 5.72. The number of fused-ring (bicyclic) bond motifs is 2. The molecule has 0 radical (unpaired) electrons. The average Bonchev–Trinajstić information content (AvgIpc) is 2.50. The SMILES string of the molecule is COc1cc(OC(C)=O)c2c(c1)C(=O)c1c(O)cc(C)cc1C2=O. The van der Waals surface area contributed by atoms with Crippen LogP contribution in [-0.4, -0.2) is 29.8 Å². The number of phenols is 1. The van der Waals surface area contributed by atoms with Crippen molar-refractivity contribution in [3.63, 3.8) is 0 Å². The van der Waals surface area contributed by atoms with Crippen molar-refractivity contribution in [3.05, 3.63) is 52.1 Å². The third-order valence-corrected chi connectivity index (χ3v) is 3.77. The van der Waals surface area contributed by atoms with Crippen LogP contribution < -0.4 is 9.47 Å². The van der Waals surface area contributed by atoms with E-state index in [1.165, 1.54) is 38.3 Å². The Morgan fingerprint density at radius 3 is 2.25 bits per heavy atom. The van der Waals surface area contributed by atoms with Crippen molar-refractivity contribution in [2.75, 3.05) is 7.11 Å². The number of hydrogen-bond acceptors (Lipinski definition) is 6. The first-order valence-electron chi connectivity index (χ1n) is 7.17. The fourth-order valence-corrected chi connectivity index (χ4v) is 2.81. The van der Waals surface area contributed by atoms with Crippen LogP contribution in [0.4, 0.5) is 0 Å². The van der Waals surface area contributed by atoms with Gasteiger partial charge in [-0.2, -0.15) is 0 Å². The summed E-state index contributed by atoms with van der Waals surface area (Å²) >= 11 is 0. The molecule has 6 heteroatoms. The van der Waals surface area contributed by atoms with E-state index < -0.39 is 17.5 Å². The first kappa shape index (κ1) is 15.7. The first-order valence-corrected chi connectivity index (χ1v) is 7.17. The Kier molecular flexibility index (Phi) is 3.60. The number of phenolic OH excluding ortho intramolecular Hbond substituents is 1. The number of carbonyl (C=O) groups excluding carboxylic acids is 3. The highest BCUT2D eigenvalue weighted by Crippen LogP contribution is 2.39. The molecule has 0 aliphatic heterocycles. The maximum Gasteiger partial charge on any atom is 0.308 e. The fraction of sp³-hybridized carbons (Fsp3) is 0.167. The molecule has 0 unspecified atom stereocenters. The zero-order valence-electron chi connectivity index (χ0n) is 13.3. The van der Waals surface area contributed by atoms with Gasteiger partial charge < -0.3 is 14.6 Å². The lowest BCUT2D eigenvalue weighted by atomic mass is 9.82. The van der Waals surface area contributed by atoms with Crippen molar-refractivity contribution in [2.45, 2.75) is 13.8 Å².